The van der Waals surface area contributed by atoms with Crippen LogP contribution in [0.25, 0.3) is 0 Å². The highest BCUT2D eigenvalue weighted by Crippen LogP contribution is 2.21. The minimum absolute atomic E-state index is 0.00785. The van der Waals surface area contributed by atoms with Crippen LogP contribution in [0.3, 0.4) is 0 Å². The summed E-state index contributed by atoms with van der Waals surface area (Å²) in [5.74, 6) is 0.155. The molecule has 138 valence electrons. The second-order valence-corrected chi connectivity index (χ2v) is 8.91. The van der Waals surface area contributed by atoms with E-state index in [0.29, 0.717) is 12.4 Å². The number of amides is 1. The summed E-state index contributed by atoms with van der Waals surface area (Å²) >= 11 is 0. The van der Waals surface area contributed by atoms with Crippen LogP contribution in [-0.2, 0) is 9.84 Å². The number of hydrogen-bond donors (Lipinski definition) is 1. The quantitative estimate of drug-likeness (QED) is 0.881. The van der Waals surface area contributed by atoms with Gasteiger partial charge in [-0.1, -0.05) is 12.1 Å². The topological polar surface area (TPSA) is 92.3 Å². The van der Waals surface area contributed by atoms with Gasteiger partial charge in [0.1, 0.15) is 5.69 Å². The lowest BCUT2D eigenvalue weighted by Crippen LogP contribution is -2.38. The average Bonchev–Trinajstić information content (AvgIpc) is 2.97. The van der Waals surface area contributed by atoms with Gasteiger partial charge in [0.25, 0.3) is 5.91 Å². The number of aromatic nitrogens is 2. The van der Waals surface area contributed by atoms with E-state index in [-0.39, 0.29) is 29.1 Å². The number of nitrogens with zero attached hydrogens (tertiary/aromatic N) is 3. The van der Waals surface area contributed by atoms with Crippen molar-refractivity contribution < 1.29 is 13.2 Å². The van der Waals surface area contributed by atoms with Gasteiger partial charge in [-0.05, 0) is 43.5 Å². The van der Waals surface area contributed by atoms with Crippen LogP contribution in [0, 0.1) is 13.8 Å². The predicted octanol–water partition coefficient (Wildman–Crippen LogP) is 2.10. The Kier molecular flexibility index (Phi) is 4.95. The number of hydrogen-bond acceptors (Lipinski definition) is 6. The molecule has 1 saturated heterocycles. The number of anilines is 2. The van der Waals surface area contributed by atoms with Gasteiger partial charge in [0.05, 0.1) is 11.5 Å². The van der Waals surface area contributed by atoms with Crippen molar-refractivity contribution in [3.05, 3.63) is 47.3 Å². The number of sulfone groups is 1. The lowest BCUT2D eigenvalue weighted by atomic mass is 10.1. The van der Waals surface area contributed by atoms with Crippen molar-refractivity contribution in [3.63, 3.8) is 0 Å². The molecule has 1 amide bonds. The second-order valence-electron chi connectivity index (χ2n) is 6.68. The van der Waals surface area contributed by atoms with Gasteiger partial charge >= 0.3 is 0 Å². The summed E-state index contributed by atoms with van der Waals surface area (Å²) in [7, 11) is -1.43. The van der Waals surface area contributed by atoms with E-state index in [2.05, 4.69) is 15.3 Å². The number of aryl methyl sites for hydroxylation is 2. The van der Waals surface area contributed by atoms with Crippen molar-refractivity contribution in [2.75, 3.05) is 23.9 Å². The normalized spacial score (nSPS) is 18.5. The molecule has 3 rings (SSSR count). The zero-order chi connectivity index (χ0) is 18.9. The monoisotopic (exact) mass is 374 g/mol. The Morgan fingerprint density at radius 2 is 2.04 bits per heavy atom. The van der Waals surface area contributed by atoms with Gasteiger partial charge in [-0.2, -0.15) is 0 Å². The highest BCUT2D eigenvalue weighted by atomic mass is 32.2. The fourth-order valence-electron chi connectivity index (χ4n) is 2.96. The lowest BCUT2D eigenvalue weighted by molar-refractivity contribution is 0.0741. The van der Waals surface area contributed by atoms with E-state index < -0.39 is 9.84 Å². The number of carbonyl (C=O) groups is 1. The molecule has 1 fully saturated rings. The summed E-state index contributed by atoms with van der Waals surface area (Å²) in [5, 5.41) is 3.14. The maximum Gasteiger partial charge on any atom is 0.272 e. The van der Waals surface area contributed by atoms with Crippen LogP contribution < -0.4 is 5.32 Å². The van der Waals surface area contributed by atoms with E-state index in [1.54, 1.807) is 7.05 Å². The molecule has 7 nitrogen and oxygen atoms in total. The van der Waals surface area contributed by atoms with Crippen LogP contribution in [0.5, 0.6) is 0 Å². The molecule has 1 aromatic heterocycles. The second kappa shape index (κ2) is 7.03. The Morgan fingerprint density at radius 1 is 1.27 bits per heavy atom. The van der Waals surface area contributed by atoms with Crippen LogP contribution in [0.15, 0.2) is 30.5 Å². The summed E-state index contributed by atoms with van der Waals surface area (Å²) in [6.45, 7) is 3.97. The largest absolute Gasteiger partial charge is 0.336 e. The number of carbonyl (C=O) groups excluding carboxylic acids is 1. The molecule has 26 heavy (non-hydrogen) atoms. The molecular weight excluding hydrogens is 352 g/mol. The van der Waals surface area contributed by atoms with Crippen molar-refractivity contribution in [2.45, 2.75) is 26.3 Å². The first-order valence-corrected chi connectivity index (χ1v) is 10.2. The Labute approximate surface area is 153 Å². The first kappa shape index (κ1) is 18.3. The molecule has 0 saturated carbocycles. The molecule has 1 aromatic carbocycles. The van der Waals surface area contributed by atoms with Gasteiger partial charge in [-0.15, -0.1) is 0 Å². The van der Waals surface area contributed by atoms with Gasteiger partial charge in [-0.25, -0.2) is 18.4 Å². The van der Waals surface area contributed by atoms with Crippen LogP contribution in [0.1, 0.15) is 28.0 Å². The Balaban J connectivity index is 1.78. The van der Waals surface area contributed by atoms with Crippen molar-refractivity contribution in [1.82, 2.24) is 14.9 Å². The fraction of sp³-hybridized carbons (Fsp3) is 0.389. The summed E-state index contributed by atoms with van der Waals surface area (Å²) in [4.78, 5) is 22.6. The van der Waals surface area contributed by atoms with Gasteiger partial charge in [-0.3, -0.25) is 4.79 Å². The zero-order valence-electron chi connectivity index (χ0n) is 15.1. The molecule has 8 heteroatoms. The van der Waals surface area contributed by atoms with E-state index in [1.165, 1.54) is 17.2 Å². The number of benzene rings is 1. The molecule has 0 aliphatic carbocycles. The third-order valence-electron chi connectivity index (χ3n) is 4.59. The minimum Gasteiger partial charge on any atom is -0.336 e. The van der Waals surface area contributed by atoms with Gasteiger partial charge in [0.15, 0.2) is 9.84 Å². The summed E-state index contributed by atoms with van der Waals surface area (Å²) < 4.78 is 23.3. The minimum atomic E-state index is -3.05. The molecule has 0 spiro atoms. The molecular formula is C18H22N4O3S. The highest BCUT2D eigenvalue weighted by Gasteiger charge is 2.33. The van der Waals surface area contributed by atoms with Crippen molar-refractivity contribution in [3.8, 4) is 0 Å². The van der Waals surface area contributed by atoms with Crippen LogP contribution in [0.4, 0.5) is 11.6 Å². The van der Waals surface area contributed by atoms with Crippen molar-refractivity contribution in [2.24, 2.45) is 0 Å². The summed E-state index contributed by atoms with van der Waals surface area (Å²) in [6, 6.07) is 7.24. The summed E-state index contributed by atoms with van der Waals surface area (Å²) in [5.41, 5.74) is 3.26. The molecule has 1 N–H and O–H groups in total. The number of nitrogens with one attached hydrogen (secondary N) is 1. The molecule has 0 bridgehead atoms. The zero-order valence-corrected chi connectivity index (χ0v) is 15.9. The molecule has 1 unspecified atom stereocenters. The average molecular weight is 374 g/mol. The molecule has 2 heterocycles. The highest BCUT2D eigenvalue weighted by molar-refractivity contribution is 7.91. The van der Waals surface area contributed by atoms with E-state index in [0.717, 1.165) is 16.8 Å². The first-order valence-electron chi connectivity index (χ1n) is 8.40. The fourth-order valence-corrected chi connectivity index (χ4v) is 4.73. The van der Waals surface area contributed by atoms with E-state index in [1.807, 2.05) is 32.0 Å². The lowest BCUT2D eigenvalue weighted by Gasteiger charge is -2.23. The van der Waals surface area contributed by atoms with Crippen molar-refractivity contribution in [1.29, 1.82) is 0 Å². The maximum absolute atomic E-state index is 12.7. The Morgan fingerprint density at radius 3 is 2.73 bits per heavy atom. The Hall–Kier alpha value is -2.48. The predicted molar refractivity (Wildman–Crippen MR) is 100 cm³/mol. The SMILES string of the molecule is Cc1ccc(C)c(Nc2nccc(C(=O)N(C)C3CCS(=O)(=O)C3)n2)c1. The molecule has 1 aliphatic heterocycles. The standard InChI is InChI=1S/C18H22N4O3S/c1-12-4-5-13(2)16(10-12)21-18-19-8-6-15(20-18)17(23)22(3)14-7-9-26(24,25)11-14/h4-6,8,10,14H,7,9,11H2,1-3H3,(H,19,20,21). The summed E-state index contributed by atoms with van der Waals surface area (Å²) in [6.07, 6.45) is 1.98. The third kappa shape index (κ3) is 4.01. The van der Waals surface area contributed by atoms with Crippen molar-refractivity contribution >= 4 is 27.4 Å². The van der Waals surface area contributed by atoms with E-state index >= 15 is 0 Å². The maximum atomic E-state index is 12.7. The van der Waals surface area contributed by atoms with Gasteiger partial charge < -0.3 is 10.2 Å². The third-order valence-corrected chi connectivity index (χ3v) is 6.34. The van der Waals surface area contributed by atoms with Crippen LogP contribution in [-0.4, -0.2) is 53.8 Å². The smallest absolute Gasteiger partial charge is 0.272 e. The van der Waals surface area contributed by atoms with E-state index in [4.69, 9.17) is 0 Å². The Bertz CT molecular complexity index is 943. The van der Waals surface area contributed by atoms with Gasteiger partial charge in [0.2, 0.25) is 5.95 Å². The van der Waals surface area contributed by atoms with Crippen LogP contribution >= 0.6 is 0 Å². The first-order chi connectivity index (χ1) is 12.2. The number of rotatable bonds is 4. The van der Waals surface area contributed by atoms with Crippen LogP contribution in [0.2, 0.25) is 0 Å². The van der Waals surface area contributed by atoms with E-state index in [9.17, 15) is 13.2 Å². The molecule has 1 atom stereocenters. The molecule has 2 aromatic rings. The molecule has 1 aliphatic rings. The van der Waals surface area contributed by atoms with Gasteiger partial charge in [0, 0.05) is 25.0 Å². The molecule has 0 radical (unpaired) electrons.